The van der Waals surface area contributed by atoms with Crippen LogP contribution in [0.3, 0.4) is 0 Å². The number of aryl methyl sites for hydroxylation is 1. The SMILES string of the molecule is Cc1cc(Cl)c(S(=O)(=O)NCC2(O)CCCCC2)cc1N. The first kappa shape index (κ1) is 16.5. The third-order valence-corrected chi connectivity index (χ3v) is 5.85. The van der Waals surface area contributed by atoms with Crippen LogP contribution in [-0.4, -0.2) is 25.7 Å². The highest BCUT2D eigenvalue weighted by atomic mass is 35.5. The van der Waals surface area contributed by atoms with E-state index in [2.05, 4.69) is 4.72 Å². The molecule has 1 saturated carbocycles. The predicted molar refractivity (Wildman–Crippen MR) is 83.8 cm³/mol. The highest BCUT2D eigenvalue weighted by Crippen LogP contribution is 2.29. The van der Waals surface area contributed by atoms with Gasteiger partial charge in [0.1, 0.15) is 4.90 Å². The first-order valence-electron chi connectivity index (χ1n) is 7.01. The second kappa shape index (κ2) is 6.12. The maximum Gasteiger partial charge on any atom is 0.242 e. The van der Waals surface area contributed by atoms with Crippen molar-refractivity contribution >= 4 is 27.3 Å². The highest BCUT2D eigenvalue weighted by molar-refractivity contribution is 7.89. The van der Waals surface area contributed by atoms with Crippen LogP contribution < -0.4 is 10.5 Å². The third-order valence-electron chi connectivity index (χ3n) is 3.99. The van der Waals surface area contributed by atoms with Gasteiger partial charge in [-0.05, 0) is 37.5 Å². The lowest BCUT2D eigenvalue weighted by molar-refractivity contribution is 0.00945. The number of nitrogens with one attached hydrogen (secondary N) is 1. The van der Waals surface area contributed by atoms with Crippen LogP contribution in [0.4, 0.5) is 5.69 Å². The Labute approximate surface area is 130 Å². The summed E-state index contributed by atoms with van der Waals surface area (Å²) in [4.78, 5) is -0.0494. The first-order valence-corrected chi connectivity index (χ1v) is 8.87. The summed E-state index contributed by atoms with van der Waals surface area (Å²) < 4.78 is 27.1. The van der Waals surface area contributed by atoms with Gasteiger partial charge >= 0.3 is 0 Å². The number of benzene rings is 1. The van der Waals surface area contributed by atoms with E-state index >= 15 is 0 Å². The van der Waals surface area contributed by atoms with Crippen LogP contribution >= 0.6 is 11.6 Å². The van der Waals surface area contributed by atoms with E-state index < -0.39 is 15.6 Å². The van der Waals surface area contributed by atoms with E-state index in [0.29, 0.717) is 18.5 Å². The van der Waals surface area contributed by atoms with Crippen LogP contribution in [0.1, 0.15) is 37.7 Å². The molecule has 0 heterocycles. The fraction of sp³-hybridized carbons (Fsp3) is 0.571. The number of sulfonamides is 1. The molecule has 1 aromatic carbocycles. The largest absolute Gasteiger partial charge is 0.398 e. The zero-order valence-electron chi connectivity index (χ0n) is 12.0. The number of hydrogen-bond donors (Lipinski definition) is 3. The molecule has 0 aliphatic heterocycles. The molecule has 0 atom stereocenters. The second-order valence-electron chi connectivity index (χ2n) is 5.75. The number of halogens is 1. The molecule has 0 saturated heterocycles. The maximum absolute atomic E-state index is 12.3. The summed E-state index contributed by atoms with van der Waals surface area (Å²) in [6.07, 6.45) is 4.13. The Kier molecular flexibility index (Phi) is 4.82. The normalized spacial score (nSPS) is 18.6. The summed E-state index contributed by atoms with van der Waals surface area (Å²) >= 11 is 6.00. The number of nitrogen functional groups attached to an aromatic ring is 1. The van der Waals surface area contributed by atoms with Crippen LogP contribution in [0, 0.1) is 6.92 Å². The van der Waals surface area contributed by atoms with Crippen molar-refractivity contribution < 1.29 is 13.5 Å². The molecule has 1 aliphatic rings. The Balaban J connectivity index is 2.17. The Hall–Kier alpha value is -0.820. The average molecular weight is 333 g/mol. The molecule has 2 rings (SSSR count). The van der Waals surface area contributed by atoms with Crippen molar-refractivity contribution in [2.45, 2.75) is 49.5 Å². The van der Waals surface area contributed by atoms with Crippen molar-refractivity contribution in [3.05, 3.63) is 22.7 Å². The lowest BCUT2D eigenvalue weighted by atomic mass is 9.85. The van der Waals surface area contributed by atoms with Crippen LogP contribution in [0.25, 0.3) is 0 Å². The van der Waals surface area contributed by atoms with E-state index in [1.165, 1.54) is 12.1 Å². The van der Waals surface area contributed by atoms with Gasteiger partial charge < -0.3 is 10.8 Å². The van der Waals surface area contributed by atoms with E-state index in [9.17, 15) is 13.5 Å². The molecule has 1 fully saturated rings. The van der Waals surface area contributed by atoms with E-state index in [0.717, 1.165) is 24.8 Å². The summed E-state index contributed by atoms with van der Waals surface area (Å²) in [6.45, 7) is 1.76. The summed E-state index contributed by atoms with van der Waals surface area (Å²) in [5.74, 6) is 0. The van der Waals surface area contributed by atoms with Gasteiger partial charge in [-0.25, -0.2) is 13.1 Å². The van der Waals surface area contributed by atoms with Gasteiger partial charge in [0.05, 0.1) is 10.6 Å². The molecule has 4 N–H and O–H groups in total. The van der Waals surface area contributed by atoms with Crippen LogP contribution in [0.15, 0.2) is 17.0 Å². The molecule has 0 amide bonds. The number of aliphatic hydroxyl groups is 1. The molecule has 1 aliphatic carbocycles. The number of rotatable bonds is 4. The number of anilines is 1. The summed E-state index contributed by atoms with van der Waals surface area (Å²) in [5, 5.41) is 10.5. The van der Waals surface area contributed by atoms with E-state index in [1.54, 1.807) is 6.92 Å². The van der Waals surface area contributed by atoms with Crippen LogP contribution in [0.2, 0.25) is 5.02 Å². The van der Waals surface area contributed by atoms with Gasteiger partial charge in [-0.3, -0.25) is 0 Å². The Morgan fingerprint density at radius 3 is 2.57 bits per heavy atom. The minimum Gasteiger partial charge on any atom is -0.398 e. The third kappa shape index (κ3) is 3.88. The van der Waals surface area contributed by atoms with Gasteiger partial charge in [-0.15, -0.1) is 0 Å². The van der Waals surface area contributed by atoms with Gasteiger partial charge in [0.25, 0.3) is 0 Å². The van der Waals surface area contributed by atoms with E-state index in [-0.39, 0.29) is 16.5 Å². The zero-order chi connectivity index (χ0) is 15.7. The molecule has 5 nitrogen and oxygen atoms in total. The van der Waals surface area contributed by atoms with Gasteiger partial charge in [-0.1, -0.05) is 30.9 Å². The molecule has 1 aromatic rings. The second-order valence-corrected chi connectivity index (χ2v) is 7.89. The van der Waals surface area contributed by atoms with Gasteiger partial charge in [0, 0.05) is 12.2 Å². The summed E-state index contributed by atoms with van der Waals surface area (Å²) in [7, 11) is -3.79. The fourth-order valence-corrected chi connectivity index (χ4v) is 4.30. The average Bonchev–Trinajstić information content (AvgIpc) is 2.42. The summed E-state index contributed by atoms with van der Waals surface area (Å²) in [6, 6.07) is 2.88. The summed E-state index contributed by atoms with van der Waals surface area (Å²) in [5.41, 5.74) is 5.88. The molecule has 0 unspecified atom stereocenters. The quantitative estimate of drug-likeness (QED) is 0.737. The zero-order valence-corrected chi connectivity index (χ0v) is 13.6. The molecule has 0 bridgehead atoms. The first-order chi connectivity index (χ1) is 9.73. The minimum atomic E-state index is -3.79. The van der Waals surface area contributed by atoms with Crippen LogP contribution in [0.5, 0.6) is 0 Å². The Morgan fingerprint density at radius 1 is 1.33 bits per heavy atom. The van der Waals surface area contributed by atoms with E-state index in [4.69, 9.17) is 17.3 Å². The maximum atomic E-state index is 12.3. The monoisotopic (exact) mass is 332 g/mol. The van der Waals surface area contributed by atoms with Crippen LogP contribution in [-0.2, 0) is 10.0 Å². The molecule has 21 heavy (non-hydrogen) atoms. The molecule has 0 aromatic heterocycles. The standard InChI is InChI=1S/C14H21ClN2O3S/c1-10-7-11(15)13(8-12(10)16)21(19,20)17-9-14(18)5-3-2-4-6-14/h7-8,17-18H,2-6,9,16H2,1H3. The Morgan fingerprint density at radius 2 is 1.95 bits per heavy atom. The fourth-order valence-electron chi connectivity index (χ4n) is 2.57. The number of hydrogen-bond acceptors (Lipinski definition) is 4. The van der Waals surface area contributed by atoms with Gasteiger partial charge in [0.15, 0.2) is 0 Å². The lowest BCUT2D eigenvalue weighted by Gasteiger charge is -2.32. The number of nitrogens with two attached hydrogens (primary N) is 1. The lowest BCUT2D eigenvalue weighted by Crippen LogP contribution is -2.44. The van der Waals surface area contributed by atoms with E-state index in [1.807, 2.05) is 0 Å². The molecular formula is C14H21ClN2O3S. The molecular weight excluding hydrogens is 312 g/mol. The molecule has 7 heteroatoms. The predicted octanol–water partition coefficient (Wildman–Crippen LogP) is 2.20. The molecule has 0 radical (unpaired) electrons. The van der Waals surface area contributed by atoms with Crippen molar-refractivity contribution in [1.82, 2.24) is 4.72 Å². The van der Waals surface area contributed by atoms with Crippen molar-refractivity contribution in [2.75, 3.05) is 12.3 Å². The van der Waals surface area contributed by atoms with Crippen molar-refractivity contribution in [2.24, 2.45) is 0 Å². The topological polar surface area (TPSA) is 92.4 Å². The van der Waals surface area contributed by atoms with Gasteiger partial charge in [-0.2, -0.15) is 0 Å². The van der Waals surface area contributed by atoms with Crippen molar-refractivity contribution in [3.63, 3.8) is 0 Å². The Bertz CT molecular complexity index is 625. The smallest absolute Gasteiger partial charge is 0.242 e. The van der Waals surface area contributed by atoms with Crippen molar-refractivity contribution in [1.29, 1.82) is 0 Å². The highest BCUT2D eigenvalue weighted by Gasteiger charge is 2.31. The minimum absolute atomic E-state index is 0.000552. The van der Waals surface area contributed by atoms with Crippen molar-refractivity contribution in [3.8, 4) is 0 Å². The molecule has 0 spiro atoms. The molecule has 118 valence electrons. The van der Waals surface area contributed by atoms with Gasteiger partial charge in [0.2, 0.25) is 10.0 Å².